The molecule has 25 heavy (non-hydrogen) atoms. The van der Waals surface area contributed by atoms with Gasteiger partial charge in [-0.1, -0.05) is 29.8 Å². The maximum Gasteiger partial charge on any atom is 0.260 e. The highest BCUT2D eigenvalue weighted by Crippen LogP contribution is 2.18. The van der Waals surface area contributed by atoms with Crippen molar-refractivity contribution in [2.75, 3.05) is 26.2 Å². The van der Waals surface area contributed by atoms with Crippen molar-refractivity contribution < 1.29 is 13.2 Å². The number of aromatic amines is 1. The maximum atomic E-state index is 12.5. The molecule has 1 fully saturated rings. The molecule has 0 bridgehead atoms. The maximum absolute atomic E-state index is 12.5. The molecule has 2 aromatic rings. The Kier molecular flexibility index (Phi) is 5.41. The third-order valence-corrected chi connectivity index (χ3v) is 6.39. The number of carbonyl (C=O) groups is 1. The van der Waals surface area contributed by atoms with Crippen LogP contribution in [-0.4, -0.2) is 59.7 Å². The summed E-state index contributed by atoms with van der Waals surface area (Å²) in [4.78, 5) is 20.6. The highest BCUT2D eigenvalue weighted by molar-refractivity contribution is 7.89. The highest BCUT2D eigenvalue weighted by Gasteiger charge is 2.29. The molecule has 1 aliphatic rings. The summed E-state index contributed by atoms with van der Waals surface area (Å²) in [6, 6.07) is 7.24. The molecule has 0 saturated carbocycles. The molecule has 0 atom stereocenters. The van der Waals surface area contributed by atoms with Gasteiger partial charge < -0.3 is 9.88 Å². The van der Waals surface area contributed by atoms with Gasteiger partial charge in [-0.2, -0.15) is 4.31 Å². The van der Waals surface area contributed by atoms with Crippen LogP contribution in [0.25, 0.3) is 0 Å². The number of hydrogen-bond acceptors (Lipinski definition) is 4. The lowest BCUT2D eigenvalue weighted by atomic mass is 10.1. The summed E-state index contributed by atoms with van der Waals surface area (Å²) in [5, 5.41) is 0.637. The SMILES string of the molecule is O=C(Cc1ccccc1Cl)N1CCCN(S(=O)(=O)c2cnc[nH]2)CC1. The Morgan fingerprint density at radius 3 is 2.72 bits per heavy atom. The molecule has 1 aliphatic heterocycles. The van der Waals surface area contributed by atoms with Crippen LogP contribution in [0.5, 0.6) is 0 Å². The number of benzene rings is 1. The number of rotatable bonds is 4. The monoisotopic (exact) mass is 382 g/mol. The normalized spacial score (nSPS) is 16.6. The van der Waals surface area contributed by atoms with E-state index in [1.807, 2.05) is 18.2 Å². The van der Waals surface area contributed by atoms with Gasteiger partial charge in [0.15, 0.2) is 5.03 Å². The molecular formula is C16H19ClN4O3S. The first-order valence-electron chi connectivity index (χ1n) is 7.98. The number of carbonyl (C=O) groups excluding carboxylic acids is 1. The van der Waals surface area contributed by atoms with Gasteiger partial charge in [-0.15, -0.1) is 0 Å². The molecular weight excluding hydrogens is 364 g/mol. The minimum absolute atomic E-state index is 0.0473. The largest absolute Gasteiger partial charge is 0.341 e. The molecule has 0 radical (unpaired) electrons. The summed E-state index contributed by atoms with van der Waals surface area (Å²) in [6.45, 7) is 1.52. The van der Waals surface area contributed by atoms with Gasteiger partial charge in [-0.25, -0.2) is 13.4 Å². The van der Waals surface area contributed by atoms with Gasteiger partial charge >= 0.3 is 0 Å². The Bertz CT molecular complexity index is 839. The Hall–Kier alpha value is -1.90. The first-order valence-corrected chi connectivity index (χ1v) is 9.80. The van der Waals surface area contributed by atoms with Crippen LogP contribution in [-0.2, 0) is 21.2 Å². The minimum atomic E-state index is -3.60. The van der Waals surface area contributed by atoms with E-state index in [1.165, 1.54) is 16.8 Å². The smallest absolute Gasteiger partial charge is 0.260 e. The summed E-state index contributed by atoms with van der Waals surface area (Å²) in [5.74, 6) is -0.0473. The van der Waals surface area contributed by atoms with Crippen LogP contribution in [0.2, 0.25) is 5.02 Å². The van der Waals surface area contributed by atoms with Crippen LogP contribution in [0.3, 0.4) is 0 Å². The van der Waals surface area contributed by atoms with Crippen LogP contribution < -0.4 is 0 Å². The Morgan fingerprint density at radius 2 is 2.00 bits per heavy atom. The number of amides is 1. The number of sulfonamides is 1. The summed E-state index contributed by atoms with van der Waals surface area (Å²) in [5.41, 5.74) is 0.778. The van der Waals surface area contributed by atoms with E-state index in [9.17, 15) is 13.2 Å². The van der Waals surface area contributed by atoms with Crippen molar-refractivity contribution in [1.82, 2.24) is 19.2 Å². The molecule has 0 spiro atoms. The zero-order chi connectivity index (χ0) is 17.9. The Morgan fingerprint density at radius 1 is 1.20 bits per heavy atom. The summed E-state index contributed by atoms with van der Waals surface area (Å²) >= 11 is 6.11. The van der Waals surface area contributed by atoms with Gasteiger partial charge in [0.05, 0.1) is 18.9 Å². The van der Waals surface area contributed by atoms with Crippen LogP contribution in [0, 0.1) is 0 Å². The molecule has 1 N–H and O–H groups in total. The predicted octanol–water partition coefficient (Wildman–Crippen LogP) is 1.53. The summed E-state index contributed by atoms with van der Waals surface area (Å²) < 4.78 is 26.5. The van der Waals surface area contributed by atoms with Crippen LogP contribution in [0.15, 0.2) is 41.8 Å². The first kappa shape index (κ1) is 17.9. The second kappa shape index (κ2) is 7.55. The standard InChI is InChI=1S/C16H19ClN4O3S/c17-14-5-2-1-4-13(14)10-16(22)20-6-3-7-21(9-8-20)25(23,24)15-11-18-12-19-15/h1-2,4-5,11-12H,3,6-10H2,(H,18,19). The lowest BCUT2D eigenvalue weighted by molar-refractivity contribution is -0.130. The quantitative estimate of drug-likeness (QED) is 0.868. The average molecular weight is 383 g/mol. The van der Waals surface area contributed by atoms with Crippen molar-refractivity contribution in [1.29, 1.82) is 0 Å². The van der Waals surface area contributed by atoms with E-state index in [1.54, 1.807) is 11.0 Å². The molecule has 1 saturated heterocycles. The van der Waals surface area contributed by atoms with Gasteiger partial charge in [0, 0.05) is 31.2 Å². The van der Waals surface area contributed by atoms with E-state index in [2.05, 4.69) is 9.97 Å². The van der Waals surface area contributed by atoms with Gasteiger partial charge in [-0.3, -0.25) is 4.79 Å². The molecule has 2 heterocycles. The molecule has 0 aliphatic carbocycles. The van der Waals surface area contributed by atoms with Crippen molar-refractivity contribution in [3.05, 3.63) is 47.4 Å². The fraction of sp³-hybridized carbons (Fsp3) is 0.375. The number of nitrogens with one attached hydrogen (secondary N) is 1. The minimum Gasteiger partial charge on any atom is -0.341 e. The summed E-state index contributed by atoms with van der Waals surface area (Å²) in [7, 11) is -3.60. The molecule has 1 aromatic carbocycles. The van der Waals surface area contributed by atoms with Crippen molar-refractivity contribution in [2.24, 2.45) is 0 Å². The van der Waals surface area contributed by atoms with Gasteiger partial charge in [-0.05, 0) is 18.1 Å². The molecule has 0 unspecified atom stereocenters. The van der Waals surface area contributed by atoms with Crippen LogP contribution in [0.1, 0.15) is 12.0 Å². The average Bonchev–Trinajstić information content (AvgIpc) is 3.02. The van der Waals surface area contributed by atoms with Gasteiger partial charge in [0.2, 0.25) is 5.91 Å². The number of halogens is 1. The van der Waals surface area contributed by atoms with Crippen molar-refractivity contribution in [2.45, 2.75) is 17.9 Å². The molecule has 134 valence electrons. The van der Waals surface area contributed by atoms with E-state index in [-0.39, 0.29) is 23.9 Å². The van der Waals surface area contributed by atoms with Gasteiger partial charge in [0.1, 0.15) is 0 Å². The fourth-order valence-corrected chi connectivity index (χ4v) is 4.39. The van der Waals surface area contributed by atoms with Crippen molar-refractivity contribution in [3.8, 4) is 0 Å². The van der Waals surface area contributed by atoms with E-state index in [0.717, 1.165) is 5.56 Å². The number of aromatic nitrogens is 2. The zero-order valence-corrected chi connectivity index (χ0v) is 15.1. The lowest BCUT2D eigenvalue weighted by Crippen LogP contribution is -2.38. The molecule has 1 amide bonds. The Balaban J connectivity index is 1.65. The number of hydrogen-bond donors (Lipinski definition) is 1. The van der Waals surface area contributed by atoms with E-state index < -0.39 is 10.0 Å². The summed E-state index contributed by atoms with van der Waals surface area (Å²) in [6.07, 6.45) is 3.43. The Labute approximate surface area is 151 Å². The van der Waals surface area contributed by atoms with Gasteiger partial charge in [0.25, 0.3) is 10.0 Å². The number of nitrogens with zero attached hydrogens (tertiary/aromatic N) is 3. The molecule has 3 rings (SSSR count). The van der Waals surface area contributed by atoms with E-state index in [0.29, 0.717) is 31.1 Å². The van der Waals surface area contributed by atoms with Crippen molar-refractivity contribution >= 4 is 27.5 Å². The second-order valence-corrected chi connectivity index (χ2v) is 8.14. The van der Waals surface area contributed by atoms with Crippen LogP contribution in [0.4, 0.5) is 0 Å². The molecule has 1 aromatic heterocycles. The third-order valence-electron chi connectivity index (χ3n) is 4.20. The molecule has 9 heteroatoms. The van der Waals surface area contributed by atoms with E-state index >= 15 is 0 Å². The van der Waals surface area contributed by atoms with E-state index in [4.69, 9.17) is 11.6 Å². The number of imidazole rings is 1. The number of H-pyrrole nitrogens is 1. The lowest BCUT2D eigenvalue weighted by Gasteiger charge is -2.21. The van der Waals surface area contributed by atoms with Crippen molar-refractivity contribution in [3.63, 3.8) is 0 Å². The van der Waals surface area contributed by atoms with Crippen LogP contribution >= 0.6 is 11.6 Å². The first-order chi connectivity index (χ1) is 12.0. The topological polar surface area (TPSA) is 86.4 Å². The fourth-order valence-electron chi connectivity index (χ4n) is 2.82. The zero-order valence-electron chi connectivity index (χ0n) is 13.6. The second-order valence-electron chi connectivity index (χ2n) is 5.82. The molecule has 7 nitrogen and oxygen atoms in total. The highest BCUT2D eigenvalue weighted by atomic mass is 35.5. The predicted molar refractivity (Wildman–Crippen MR) is 93.7 cm³/mol. The third kappa shape index (κ3) is 4.02.